The van der Waals surface area contributed by atoms with Gasteiger partial charge in [-0.3, -0.25) is 10.1 Å². The van der Waals surface area contributed by atoms with Crippen LogP contribution < -0.4 is 10.6 Å². The molecule has 2 aromatic rings. The van der Waals surface area contributed by atoms with E-state index in [2.05, 4.69) is 10.6 Å². The SMILES string of the molecule is COCCOC(=O)Nc1cccc(NC(=O)c2cccc(S(C)(=O)=O)c2)c1. The molecule has 0 unspecified atom stereocenters. The van der Waals surface area contributed by atoms with E-state index in [1.165, 1.54) is 31.4 Å². The third-order valence-corrected chi connectivity index (χ3v) is 4.52. The zero-order chi connectivity index (χ0) is 19.9. The highest BCUT2D eigenvalue weighted by Crippen LogP contribution is 2.17. The number of rotatable bonds is 7. The highest BCUT2D eigenvalue weighted by atomic mass is 32.2. The summed E-state index contributed by atoms with van der Waals surface area (Å²) in [5.41, 5.74) is 1.06. The Morgan fingerprint density at radius 2 is 1.63 bits per heavy atom. The molecule has 2 N–H and O–H groups in total. The number of methoxy groups -OCH3 is 1. The number of hydrogen-bond acceptors (Lipinski definition) is 6. The Hall–Kier alpha value is -2.91. The fourth-order valence-electron chi connectivity index (χ4n) is 2.12. The molecule has 0 aliphatic heterocycles. The van der Waals surface area contributed by atoms with Crippen LogP contribution in [-0.2, 0) is 19.3 Å². The molecule has 144 valence electrons. The van der Waals surface area contributed by atoms with Gasteiger partial charge in [0.15, 0.2) is 9.84 Å². The Morgan fingerprint density at radius 1 is 0.963 bits per heavy atom. The van der Waals surface area contributed by atoms with Gasteiger partial charge in [-0.15, -0.1) is 0 Å². The maximum absolute atomic E-state index is 12.4. The molecule has 27 heavy (non-hydrogen) atoms. The molecule has 0 atom stereocenters. The van der Waals surface area contributed by atoms with Crippen molar-refractivity contribution in [2.45, 2.75) is 4.90 Å². The third kappa shape index (κ3) is 6.39. The zero-order valence-corrected chi connectivity index (χ0v) is 15.7. The van der Waals surface area contributed by atoms with Crippen molar-refractivity contribution in [2.75, 3.05) is 37.2 Å². The predicted octanol–water partition coefficient (Wildman–Crippen LogP) is 2.54. The number of carbonyl (C=O) groups excluding carboxylic acids is 2. The molecule has 0 aliphatic rings. The van der Waals surface area contributed by atoms with Gasteiger partial charge in [0.05, 0.1) is 11.5 Å². The minimum atomic E-state index is -3.41. The number of benzene rings is 2. The fourth-order valence-corrected chi connectivity index (χ4v) is 2.78. The normalized spacial score (nSPS) is 10.9. The highest BCUT2D eigenvalue weighted by Gasteiger charge is 2.12. The highest BCUT2D eigenvalue weighted by molar-refractivity contribution is 7.90. The fraction of sp³-hybridized carbons (Fsp3) is 0.222. The lowest BCUT2D eigenvalue weighted by Gasteiger charge is -2.10. The number of anilines is 2. The van der Waals surface area contributed by atoms with Gasteiger partial charge in [0.2, 0.25) is 0 Å². The van der Waals surface area contributed by atoms with Crippen molar-refractivity contribution >= 4 is 33.2 Å². The van der Waals surface area contributed by atoms with Crippen LogP contribution in [0.25, 0.3) is 0 Å². The van der Waals surface area contributed by atoms with Gasteiger partial charge in [0.25, 0.3) is 5.91 Å². The maximum Gasteiger partial charge on any atom is 0.411 e. The minimum Gasteiger partial charge on any atom is -0.447 e. The Bertz CT molecular complexity index is 927. The van der Waals surface area contributed by atoms with E-state index in [-0.39, 0.29) is 23.7 Å². The number of amides is 2. The van der Waals surface area contributed by atoms with Crippen LogP contribution in [0.3, 0.4) is 0 Å². The molecular weight excluding hydrogens is 372 g/mol. The molecule has 0 spiro atoms. The number of hydrogen-bond donors (Lipinski definition) is 2. The van der Waals surface area contributed by atoms with Gasteiger partial charge >= 0.3 is 6.09 Å². The maximum atomic E-state index is 12.4. The lowest BCUT2D eigenvalue weighted by Crippen LogP contribution is -2.17. The molecule has 8 nitrogen and oxygen atoms in total. The van der Waals surface area contributed by atoms with Crippen molar-refractivity contribution in [3.8, 4) is 0 Å². The summed E-state index contributed by atoms with van der Waals surface area (Å²) in [4.78, 5) is 24.1. The van der Waals surface area contributed by atoms with E-state index in [0.717, 1.165) is 6.26 Å². The minimum absolute atomic E-state index is 0.0596. The summed E-state index contributed by atoms with van der Waals surface area (Å²) < 4.78 is 32.9. The Labute approximate surface area is 157 Å². The second-order valence-corrected chi connectivity index (χ2v) is 7.60. The van der Waals surface area contributed by atoms with Gasteiger partial charge in [0.1, 0.15) is 6.61 Å². The summed E-state index contributed by atoms with van der Waals surface area (Å²) in [5.74, 6) is -0.472. The van der Waals surface area contributed by atoms with Gasteiger partial charge in [-0.25, -0.2) is 13.2 Å². The first-order valence-corrected chi connectivity index (χ1v) is 9.83. The van der Waals surface area contributed by atoms with E-state index in [9.17, 15) is 18.0 Å². The number of sulfone groups is 1. The first-order chi connectivity index (χ1) is 12.8. The van der Waals surface area contributed by atoms with Crippen molar-refractivity contribution < 1.29 is 27.5 Å². The van der Waals surface area contributed by atoms with Gasteiger partial charge in [0, 0.05) is 30.3 Å². The summed E-state index contributed by atoms with van der Waals surface area (Å²) in [6.45, 7) is 0.408. The molecule has 2 amide bonds. The third-order valence-electron chi connectivity index (χ3n) is 3.41. The largest absolute Gasteiger partial charge is 0.447 e. The Kier molecular flexibility index (Phi) is 6.91. The predicted molar refractivity (Wildman–Crippen MR) is 101 cm³/mol. The van der Waals surface area contributed by atoms with E-state index < -0.39 is 21.8 Å². The van der Waals surface area contributed by atoms with Crippen LogP contribution in [0.4, 0.5) is 16.2 Å². The molecule has 0 saturated carbocycles. The van der Waals surface area contributed by atoms with Crippen molar-refractivity contribution in [3.63, 3.8) is 0 Å². The summed E-state index contributed by atoms with van der Waals surface area (Å²) in [5, 5.41) is 5.19. The molecule has 0 fully saturated rings. The lowest BCUT2D eigenvalue weighted by atomic mass is 10.2. The molecule has 0 saturated heterocycles. The van der Waals surface area contributed by atoms with Crippen LogP contribution in [-0.4, -0.2) is 47.0 Å². The van der Waals surface area contributed by atoms with Gasteiger partial charge in [-0.05, 0) is 36.4 Å². The Morgan fingerprint density at radius 3 is 2.30 bits per heavy atom. The quantitative estimate of drug-likeness (QED) is 0.701. The molecular formula is C18H20N2O6S. The summed E-state index contributed by atoms with van der Waals surface area (Å²) >= 11 is 0. The van der Waals surface area contributed by atoms with E-state index >= 15 is 0 Å². The van der Waals surface area contributed by atoms with Crippen LogP contribution in [0.1, 0.15) is 10.4 Å². The van der Waals surface area contributed by atoms with Crippen LogP contribution in [0.2, 0.25) is 0 Å². The number of carbonyl (C=O) groups is 2. The molecule has 0 aromatic heterocycles. The number of ether oxygens (including phenoxy) is 2. The first kappa shape index (κ1) is 20.4. The average Bonchev–Trinajstić information content (AvgIpc) is 2.61. The van der Waals surface area contributed by atoms with E-state index in [1.54, 1.807) is 24.3 Å². The van der Waals surface area contributed by atoms with Crippen LogP contribution >= 0.6 is 0 Å². The summed E-state index contributed by atoms with van der Waals surface area (Å²) in [7, 11) is -1.91. The van der Waals surface area contributed by atoms with Crippen molar-refractivity contribution in [2.24, 2.45) is 0 Å². The monoisotopic (exact) mass is 392 g/mol. The molecule has 0 radical (unpaired) electrons. The molecule has 0 bridgehead atoms. The first-order valence-electron chi connectivity index (χ1n) is 7.94. The average molecular weight is 392 g/mol. The van der Waals surface area contributed by atoms with Crippen molar-refractivity contribution in [1.82, 2.24) is 0 Å². The van der Waals surface area contributed by atoms with Crippen LogP contribution in [0.15, 0.2) is 53.4 Å². The zero-order valence-electron chi connectivity index (χ0n) is 14.9. The van der Waals surface area contributed by atoms with Gasteiger partial charge < -0.3 is 14.8 Å². The smallest absolute Gasteiger partial charge is 0.411 e. The van der Waals surface area contributed by atoms with Crippen molar-refractivity contribution in [1.29, 1.82) is 0 Å². The van der Waals surface area contributed by atoms with Gasteiger partial charge in [-0.1, -0.05) is 12.1 Å². The second kappa shape index (κ2) is 9.15. The summed E-state index contributed by atoms with van der Waals surface area (Å²) in [6, 6.07) is 12.2. The molecule has 9 heteroatoms. The molecule has 2 aromatic carbocycles. The second-order valence-electron chi connectivity index (χ2n) is 5.59. The van der Waals surface area contributed by atoms with Gasteiger partial charge in [-0.2, -0.15) is 0 Å². The molecule has 0 heterocycles. The standard InChI is InChI=1S/C18H20N2O6S/c1-25-9-10-26-18(22)20-15-7-4-6-14(12-15)19-17(21)13-5-3-8-16(11-13)27(2,23)24/h3-8,11-12H,9-10H2,1-2H3,(H,19,21)(H,20,22). The molecule has 2 rings (SSSR count). The molecule has 0 aliphatic carbocycles. The topological polar surface area (TPSA) is 111 Å². The van der Waals surface area contributed by atoms with E-state index in [4.69, 9.17) is 9.47 Å². The Balaban J connectivity index is 2.05. The van der Waals surface area contributed by atoms with E-state index in [0.29, 0.717) is 11.4 Å². The van der Waals surface area contributed by atoms with Crippen LogP contribution in [0.5, 0.6) is 0 Å². The van der Waals surface area contributed by atoms with Crippen molar-refractivity contribution in [3.05, 3.63) is 54.1 Å². The lowest BCUT2D eigenvalue weighted by molar-refractivity contribution is 0.102. The summed E-state index contributed by atoms with van der Waals surface area (Å²) in [6.07, 6.45) is 0.432. The van der Waals surface area contributed by atoms with Crippen LogP contribution in [0, 0.1) is 0 Å². The number of nitrogens with one attached hydrogen (secondary N) is 2. The van der Waals surface area contributed by atoms with E-state index in [1.807, 2.05) is 0 Å².